The standard InChI is InChI=1S/C31H20ClN3/c32-24-19-17-23(18-20-24)30-33-29(22-10-2-1-3-11-22)34-31(35-30)28-15-7-6-14-27(28)26-16-8-12-21-9-4-5-13-25(21)26/h1-20H. The van der Waals surface area contributed by atoms with Crippen LogP contribution < -0.4 is 0 Å². The number of hydrogen-bond acceptors (Lipinski definition) is 3. The maximum Gasteiger partial charge on any atom is 0.164 e. The minimum Gasteiger partial charge on any atom is -0.208 e. The van der Waals surface area contributed by atoms with Crippen LogP contribution >= 0.6 is 11.6 Å². The van der Waals surface area contributed by atoms with Gasteiger partial charge in [-0.25, -0.2) is 15.0 Å². The van der Waals surface area contributed by atoms with Crippen LogP contribution in [0.4, 0.5) is 0 Å². The van der Waals surface area contributed by atoms with Crippen molar-refractivity contribution in [1.82, 2.24) is 15.0 Å². The minimum absolute atomic E-state index is 0.609. The van der Waals surface area contributed by atoms with Crippen LogP contribution in [0.5, 0.6) is 0 Å². The molecule has 0 atom stereocenters. The first-order valence-electron chi connectivity index (χ1n) is 11.4. The van der Waals surface area contributed by atoms with Crippen molar-refractivity contribution in [1.29, 1.82) is 0 Å². The Labute approximate surface area is 208 Å². The highest BCUT2D eigenvalue weighted by Gasteiger charge is 2.16. The molecule has 0 saturated heterocycles. The van der Waals surface area contributed by atoms with Crippen LogP contribution in [0.1, 0.15) is 0 Å². The van der Waals surface area contributed by atoms with E-state index in [9.17, 15) is 0 Å². The van der Waals surface area contributed by atoms with E-state index in [1.807, 2.05) is 60.7 Å². The number of halogens is 1. The van der Waals surface area contributed by atoms with Gasteiger partial charge < -0.3 is 0 Å². The SMILES string of the molecule is Clc1ccc(-c2nc(-c3ccccc3)nc(-c3ccccc3-c3cccc4ccccc34)n2)cc1. The summed E-state index contributed by atoms with van der Waals surface area (Å²) < 4.78 is 0. The number of hydrogen-bond donors (Lipinski definition) is 0. The second-order valence-corrected chi connectivity index (χ2v) is 8.69. The van der Waals surface area contributed by atoms with Gasteiger partial charge in [-0.3, -0.25) is 0 Å². The number of rotatable bonds is 4. The Morgan fingerprint density at radius 3 is 1.71 bits per heavy atom. The molecule has 0 spiro atoms. The van der Waals surface area contributed by atoms with Crippen molar-refractivity contribution in [3.63, 3.8) is 0 Å². The molecule has 0 aliphatic carbocycles. The lowest BCUT2D eigenvalue weighted by atomic mass is 9.94. The monoisotopic (exact) mass is 469 g/mol. The lowest BCUT2D eigenvalue weighted by Gasteiger charge is -2.13. The summed E-state index contributed by atoms with van der Waals surface area (Å²) in [5.74, 6) is 1.87. The van der Waals surface area contributed by atoms with Gasteiger partial charge in [0.1, 0.15) is 0 Å². The maximum absolute atomic E-state index is 6.14. The molecule has 6 rings (SSSR count). The molecule has 6 aromatic rings. The van der Waals surface area contributed by atoms with Gasteiger partial charge in [0.2, 0.25) is 0 Å². The fraction of sp³-hybridized carbons (Fsp3) is 0. The summed E-state index contributed by atoms with van der Waals surface area (Å²) in [7, 11) is 0. The van der Waals surface area contributed by atoms with Crippen LogP contribution in [0.2, 0.25) is 5.02 Å². The molecule has 0 aliphatic rings. The average Bonchev–Trinajstić information content (AvgIpc) is 2.93. The number of aromatic nitrogens is 3. The zero-order chi connectivity index (χ0) is 23.6. The van der Waals surface area contributed by atoms with Crippen LogP contribution in [-0.2, 0) is 0 Å². The number of fused-ring (bicyclic) bond motifs is 1. The minimum atomic E-state index is 0.609. The average molecular weight is 470 g/mol. The van der Waals surface area contributed by atoms with Crippen molar-refractivity contribution in [3.05, 3.63) is 126 Å². The van der Waals surface area contributed by atoms with Crippen LogP contribution in [-0.4, -0.2) is 15.0 Å². The lowest BCUT2D eigenvalue weighted by Crippen LogP contribution is -2.01. The third-order valence-corrected chi connectivity index (χ3v) is 6.27. The summed E-state index contributed by atoms with van der Waals surface area (Å²) in [6, 6.07) is 40.7. The van der Waals surface area contributed by atoms with Gasteiger partial charge in [0.05, 0.1) is 0 Å². The Morgan fingerprint density at radius 2 is 0.943 bits per heavy atom. The van der Waals surface area contributed by atoms with Crippen molar-refractivity contribution in [2.45, 2.75) is 0 Å². The highest BCUT2D eigenvalue weighted by atomic mass is 35.5. The summed E-state index contributed by atoms with van der Waals surface area (Å²) >= 11 is 6.14. The van der Waals surface area contributed by atoms with Crippen molar-refractivity contribution in [3.8, 4) is 45.3 Å². The van der Waals surface area contributed by atoms with Crippen LogP contribution in [0.25, 0.3) is 56.1 Å². The predicted molar refractivity (Wildman–Crippen MR) is 144 cm³/mol. The van der Waals surface area contributed by atoms with E-state index in [-0.39, 0.29) is 0 Å². The molecule has 0 unspecified atom stereocenters. The van der Waals surface area contributed by atoms with E-state index in [0.717, 1.165) is 27.8 Å². The van der Waals surface area contributed by atoms with E-state index in [4.69, 9.17) is 26.6 Å². The van der Waals surface area contributed by atoms with Gasteiger partial charge >= 0.3 is 0 Å². The summed E-state index contributed by atoms with van der Waals surface area (Å²) in [5, 5.41) is 3.06. The smallest absolute Gasteiger partial charge is 0.164 e. The first-order chi connectivity index (χ1) is 17.3. The molecule has 0 N–H and O–H groups in total. The topological polar surface area (TPSA) is 38.7 Å². The van der Waals surface area contributed by atoms with E-state index in [2.05, 4.69) is 60.7 Å². The van der Waals surface area contributed by atoms with Crippen molar-refractivity contribution in [2.75, 3.05) is 0 Å². The van der Waals surface area contributed by atoms with Gasteiger partial charge in [-0.1, -0.05) is 109 Å². The summed E-state index contributed by atoms with van der Waals surface area (Å²) in [4.78, 5) is 14.7. The molecule has 3 nitrogen and oxygen atoms in total. The molecule has 0 aliphatic heterocycles. The van der Waals surface area contributed by atoms with Crippen molar-refractivity contribution < 1.29 is 0 Å². The summed E-state index contributed by atoms with van der Waals surface area (Å²) in [6.45, 7) is 0. The van der Waals surface area contributed by atoms with E-state index >= 15 is 0 Å². The Bertz CT molecular complexity index is 1640. The summed E-state index contributed by atoms with van der Waals surface area (Å²) in [6.07, 6.45) is 0. The lowest BCUT2D eigenvalue weighted by molar-refractivity contribution is 1.07. The number of nitrogens with zero attached hydrogens (tertiary/aromatic N) is 3. The second-order valence-electron chi connectivity index (χ2n) is 8.25. The van der Waals surface area contributed by atoms with E-state index in [0.29, 0.717) is 22.5 Å². The van der Waals surface area contributed by atoms with Crippen molar-refractivity contribution in [2.24, 2.45) is 0 Å². The Hall–Kier alpha value is -4.34. The maximum atomic E-state index is 6.14. The molecule has 166 valence electrons. The molecule has 0 fully saturated rings. The predicted octanol–water partition coefficient (Wildman–Crippen LogP) is 8.35. The van der Waals surface area contributed by atoms with Gasteiger partial charge in [0.15, 0.2) is 17.5 Å². The zero-order valence-electron chi connectivity index (χ0n) is 18.8. The fourth-order valence-corrected chi connectivity index (χ4v) is 4.44. The van der Waals surface area contributed by atoms with Gasteiger partial charge in [-0.15, -0.1) is 0 Å². The highest BCUT2D eigenvalue weighted by molar-refractivity contribution is 6.30. The van der Waals surface area contributed by atoms with Gasteiger partial charge in [0, 0.05) is 21.7 Å². The molecule has 0 amide bonds. The largest absolute Gasteiger partial charge is 0.208 e. The quantitative estimate of drug-likeness (QED) is 0.260. The molecule has 0 saturated carbocycles. The second kappa shape index (κ2) is 9.13. The molecule has 4 heteroatoms. The Kier molecular flexibility index (Phi) is 5.53. The molecule has 0 bridgehead atoms. The normalized spacial score (nSPS) is 11.0. The van der Waals surface area contributed by atoms with Crippen LogP contribution in [0.3, 0.4) is 0 Å². The van der Waals surface area contributed by atoms with Gasteiger partial charge in [-0.2, -0.15) is 0 Å². The molecule has 1 aromatic heterocycles. The molecule has 0 radical (unpaired) electrons. The highest BCUT2D eigenvalue weighted by Crippen LogP contribution is 2.36. The molecule has 1 heterocycles. The first kappa shape index (κ1) is 21.2. The van der Waals surface area contributed by atoms with Crippen LogP contribution in [0, 0.1) is 0 Å². The zero-order valence-corrected chi connectivity index (χ0v) is 19.5. The third kappa shape index (κ3) is 4.18. The summed E-state index contributed by atoms with van der Waals surface area (Å²) in [5.41, 5.74) is 5.01. The van der Waals surface area contributed by atoms with E-state index < -0.39 is 0 Å². The van der Waals surface area contributed by atoms with E-state index in [1.54, 1.807) is 0 Å². The molecular formula is C31H20ClN3. The van der Waals surface area contributed by atoms with Crippen LogP contribution in [0.15, 0.2) is 121 Å². The van der Waals surface area contributed by atoms with Crippen molar-refractivity contribution >= 4 is 22.4 Å². The number of benzene rings is 5. The molecule has 35 heavy (non-hydrogen) atoms. The van der Waals surface area contributed by atoms with Gasteiger partial charge in [-0.05, 0) is 46.2 Å². The third-order valence-electron chi connectivity index (χ3n) is 6.02. The Morgan fingerprint density at radius 1 is 0.400 bits per heavy atom. The van der Waals surface area contributed by atoms with Gasteiger partial charge in [0.25, 0.3) is 0 Å². The fourth-order valence-electron chi connectivity index (χ4n) is 4.31. The van der Waals surface area contributed by atoms with E-state index in [1.165, 1.54) is 10.8 Å². The Balaban J connectivity index is 1.59. The molecular weight excluding hydrogens is 450 g/mol. The first-order valence-corrected chi connectivity index (χ1v) is 11.8. The molecule has 5 aromatic carbocycles.